The Kier molecular flexibility index (Phi) is 6.38. The molecule has 1 saturated heterocycles. The van der Waals surface area contributed by atoms with E-state index < -0.39 is 0 Å². The van der Waals surface area contributed by atoms with Gasteiger partial charge in [0.15, 0.2) is 5.96 Å². The zero-order chi connectivity index (χ0) is 16.8. The molecular weight excluding hydrogens is 363 g/mol. The van der Waals surface area contributed by atoms with Gasteiger partial charge in [-0.25, -0.2) is 4.39 Å². The Morgan fingerprint density at radius 2 is 2.35 bits per heavy atom. The van der Waals surface area contributed by atoms with Crippen molar-refractivity contribution in [2.45, 2.75) is 25.8 Å². The number of amides is 1. The number of nitrogens with one attached hydrogen (secondary N) is 1. The quantitative estimate of drug-likeness (QED) is 0.617. The van der Waals surface area contributed by atoms with Gasteiger partial charge in [-0.3, -0.25) is 9.79 Å². The predicted molar refractivity (Wildman–Crippen MR) is 92.4 cm³/mol. The summed E-state index contributed by atoms with van der Waals surface area (Å²) in [4.78, 5) is 17.5. The second-order valence-corrected chi connectivity index (χ2v) is 6.62. The summed E-state index contributed by atoms with van der Waals surface area (Å²) in [5.74, 6) is 0.499. The molecule has 2 rings (SSSR count). The Bertz CT molecular complexity index is 593. The Balaban J connectivity index is 1.97. The summed E-state index contributed by atoms with van der Waals surface area (Å²) < 4.78 is 14.2. The number of guanidine groups is 1. The van der Waals surface area contributed by atoms with Gasteiger partial charge in [0.25, 0.3) is 0 Å². The Labute approximate surface area is 144 Å². The van der Waals surface area contributed by atoms with Crippen molar-refractivity contribution < 1.29 is 9.18 Å². The Morgan fingerprint density at radius 1 is 1.57 bits per heavy atom. The van der Waals surface area contributed by atoms with Crippen LogP contribution in [0.1, 0.15) is 24.8 Å². The molecule has 1 aromatic rings. The lowest BCUT2D eigenvalue weighted by atomic mass is 9.95. The van der Waals surface area contributed by atoms with Gasteiger partial charge in [-0.15, -0.1) is 0 Å². The number of primary amides is 1. The van der Waals surface area contributed by atoms with Crippen LogP contribution in [0.25, 0.3) is 0 Å². The lowest BCUT2D eigenvalue weighted by Gasteiger charge is -2.34. The zero-order valence-electron chi connectivity index (χ0n) is 13.2. The number of rotatable bonds is 4. The number of hydrogen-bond acceptors (Lipinski definition) is 2. The summed E-state index contributed by atoms with van der Waals surface area (Å²) in [5.41, 5.74) is 6.13. The lowest BCUT2D eigenvalue weighted by Crippen LogP contribution is -2.46. The van der Waals surface area contributed by atoms with Gasteiger partial charge >= 0.3 is 0 Å². The van der Waals surface area contributed by atoms with E-state index >= 15 is 0 Å². The number of likely N-dealkylation sites (tertiary alicyclic amines) is 1. The van der Waals surface area contributed by atoms with Gasteiger partial charge < -0.3 is 16.0 Å². The summed E-state index contributed by atoms with van der Waals surface area (Å²) in [7, 11) is 1.72. The van der Waals surface area contributed by atoms with Crippen LogP contribution in [0.2, 0.25) is 0 Å². The second kappa shape index (κ2) is 8.29. The molecule has 0 radical (unpaired) electrons. The van der Waals surface area contributed by atoms with Crippen LogP contribution in [-0.2, 0) is 11.3 Å². The molecule has 7 heteroatoms. The Morgan fingerprint density at radius 3 is 3.04 bits per heavy atom. The molecule has 0 saturated carbocycles. The van der Waals surface area contributed by atoms with Crippen LogP contribution in [0.3, 0.4) is 0 Å². The number of carbonyl (C=O) groups is 1. The number of piperidine rings is 1. The van der Waals surface area contributed by atoms with Gasteiger partial charge in [0.05, 0.1) is 0 Å². The van der Waals surface area contributed by atoms with E-state index in [2.05, 4.69) is 31.1 Å². The van der Waals surface area contributed by atoms with Crippen LogP contribution in [0.4, 0.5) is 4.39 Å². The van der Waals surface area contributed by atoms with Gasteiger partial charge in [0.1, 0.15) is 5.82 Å². The van der Waals surface area contributed by atoms with Crippen LogP contribution in [0.5, 0.6) is 0 Å². The molecule has 0 aliphatic carbocycles. The van der Waals surface area contributed by atoms with Crippen molar-refractivity contribution in [1.82, 2.24) is 10.2 Å². The van der Waals surface area contributed by atoms with Crippen molar-refractivity contribution in [3.05, 3.63) is 34.1 Å². The molecule has 0 spiro atoms. The molecule has 1 aliphatic rings. The van der Waals surface area contributed by atoms with Crippen LogP contribution in [0.15, 0.2) is 27.7 Å². The van der Waals surface area contributed by atoms with Crippen molar-refractivity contribution in [1.29, 1.82) is 0 Å². The number of aliphatic imine (C=N–C) groups is 1. The van der Waals surface area contributed by atoms with E-state index in [4.69, 9.17) is 5.73 Å². The van der Waals surface area contributed by atoms with Gasteiger partial charge in [-0.2, -0.15) is 0 Å². The summed E-state index contributed by atoms with van der Waals surface area (Å²) in [6.07, 6.45) is 2.41. The van der Waals surface area contributed by atoms with Gasteiger partial charge in [0, 0.05) is 37.6 Å². The van der Waals surface area contributed by atoms with E-state index in [9.17, 15) is 9.18 Å². The van der Waals surface area contributed by atoms with E-state index in [0.717, 1.165) is 41.9 Å². The average Bonchev–Trinajstić information content (AvgIpc) is 2.51. The van der Waals surface area contributed by atoms with Crippen molar-refractivity contribution in [2.75, 3.05) is 20.1 Å². The van der Waals surface area contributed by atoms with Crippen molar-refractivity contribution in [3.8, 4) is 0 Å². The topological polar surface area (TPSA) is 70.7 Å². The molecule has 23 heavy (non-hydrogen) atoms. The average molecular weight is 385 g/mol. The van der Waals surface area contributed by atoms with E-state index in [1.54, 1.807) is 13.1 Å². The smallest absolute Gasteiger partial charge is 0.217 e. The largest absolute Gasteiger partial charge is 0.370 e. The maximum absolute atomic E-state index is 13.3. The minimum atomic E-state index is -0.264. The molecule has 1 aromatic carbocycles. The predicted octanol–water partition coefficient (Wildman–Crippen LogP) is 2.25. The number of hydrogen-bond donors (Lipinski definition) is 2. The summed E-state index contributed by atoms with van der Waals surface area (Å²) in [5, 5.41) is 3.26. The highest BCUT2D eigenvalue weighted by molar-refractivity contribution is 9.10. The lowest BCUT2D eigenvalue weighted by molar-refractivity contribution is -0.119. The van der Waals surface area contributed by atoms with Crippen LogP contribution < -0.4 is 11.1 Å². The molecule has 0 aromatic heterocycles. The highest BCUT2D eigenvalue weighted by atomic mass is 79.9. The first kappa shape index (κ1) is 17.7. The molecule has 1 amide bonds. The van der Waals surface area contributed by atoms with E-state index in [0.29, 0.717) is 13.0 Å². The third-order valence-electron chi connectivity index (χ3n) is 3.96. The monoisotopic (exact) mass is 384 g/mol. The summed E-state index contributed by atoms with van der Waals surface area (Å²) in [6.45, 7) is 2.12. The highest BCUT2D eigenvalue weighted by Gasteiger charge is 2.23. The molecule has 1 unspecified atom stereocenters. The zero-order valence-corrected chi connectivity index (χ0v) is 14.8. The van der Waals surface area contributed by atoms with Gasteiger partial charge in [0.2, 0.25) is 5.91 Å². The van der Waals surface area contributed by atoms with Crippen LogP contribution in [0, 0.1) is 11.7 Å². The number of carbonyl (C=O) groups excluding carboxylic acids is 1. The molecule has 126 valence electrons. The fourth-order valence-electron chi connectivity index (χ4n) is 2.89. The molecule has 1 aliphatic heterocycles. The number of nitrogens with two attached hydrogens (primary N) is 1. The van der Waals surface area contributed by atoms with E-state index in [-0.39, 0.29) is 17.6 Å². The molecule has 3 N–H and O–H groups in total. The summed E-state index contributed by atoms with van der Waals surface area (Å²) in [6, 6.07) is 4.61. The molecule has 1 atom stereocenters. The SMILES string of the molecule is CN=C(NCc1cc(F)ccc1Br)N1CCCC(CC(N)=O)C1. The number of nitrogens with zero attached hydrogens (tertiary/aromatic N) is 2. The Hall–Kier alpha value is -1.63. The van der Waals surface area contributed by atoms with Crippen LogP contribution in [-0.4, -0.2) is 36.9 Å². The minimum Gasteiger partial charge on any atom is -0.370 e. The van der Waals surface area contributed by atoms with E-state index in [1.165, 1.54) is 12.1 Å². The fourth-order valence-corrected chi connectivity index (χ4v) is 3.28. The maximum Gasteiger partial charge on any atom is 0.217 e. The third-order valence-corrected chi connectivity index (χ3v) is 4.74. The number of halogens is 2. The third kappa shape index (κ3) is 5.20. The van der Waals surface area contributed by atoms with E-state index in [1.807, 2.05) is 0 Å². The first-order chi connectivity index (χ1) is 11.0. The standard InChI is InChI=1S/C16H22BrFN4O/c1-20-16(21-9-12-8-13(18)4-5-14(12)17)22-6-2-3-11(10-22)7-15(19)23/h4-5,8,11H,2-3,6-7,9-10H2,1H3,(H2,19,23)(H,20,21). The highest BCUT2D eigenvalue weighted by Crippen LogP contribution is 2.20. The van der Waals surface area contributed by atoms with Crippen LogP contribution >= 0.6 is 15.9 Å². The first-order valence-electron chi connectivity index (χ1n) is 7.67. The molecule has 1 fully saturated rings. The fraction of sp³-hybridized carbons (Fsp3) is 0.500. The molecular formula is C16H22BrFN4O. The first-order valence-corrected chi connectivity index (χ1v) is 8.46. The van der Waals surface area contributed by atoms with Crippen molar-refractivity contribution >= 4 is 27.8 Å². The maximum atomic E-state index is 13.3. The van der Waals surface area contributed by atoms with Crippen molar-refractivity contribution in [2.24, 2.45) is 16.6 Å². The van der Waals surface area contributed by atoms with Gasteiger partial charge in [-0.05, 0) is 42.5 Å². The minimum absolute atomic E-state index is 0.261. The molecule has 1 heterocycles. The normalized spacial score (nSPS) is 18.8. The van der Waals surface area contributed by atoms with Gasteiger partial charge in [-0.1, -0.05) is 15.9 Å². The number of benzene rings is 1. The molecule has 0 bridgehead atoms. The van der Waals surface area contributed by atoms with Crippen molar-refractivity contribution in [3.63, 3.8) is 0 Å². The summed E-state index contributed by atoms with van der Waals surface area (Å²) >= 11 is 3.42. The second-order valence-electron chi connectivity index (χ2n) is 5.76. The molecule has 5 nitrogen and oxygen atoms in total.